The quantitative estimate of drug-likeness (QED) is 0.891. The van der Waals surface area contributed by atoms with Crippen molar-refractivity contribution in [2.45, 2.75) is 45.1 Å². The highest BCUT2D eigenvalue weighted by Gasteiger charge is 2.22. The number of pyridine rings is 1. The van der Waals surface area contributed by atoms with Crippen LogP contribution in [0.25, 0.3) is 10.9 Å². The summed E-state index contributed by atoms with van der Waals surface area (Å²) in [4.78, 5) is 7.07. The van der Waals surface area contributed by atoms with Crippen LogP contribution in [-0.4, -0.2) is 36.6 Å². The molecule has 1 aliphatic rings. The SMILES string of the molecule is CCc1cc(N[C@H]2CC[C@H](CN(C)C)CC2)c2ccccc2n1. The smallest absolute Gasteiger partial charge is 0.0726 e. The molecule has 0 spiro atoms. The maximum absolute atomic E-state index is 4.75. The van der Waals surface area contributed by atoms with Crippen molar-refractivity contribution in [1.82, 2.24) is 9.88 Å². The van der Waals surface area contributed by atoms with Gasteiger partial charge in [-0.3, -0.25) is 4.98 Å². The molecule has 1 aliphatic carbocycles. The lowest BCUT2D eigenvalue weighted by Gasteiger charge is -2.31. The first kappa shape index (κ1) is 16.3. The molecule has 23 heavy (non-hydrogen) atoms. The van der Waals surface area contributed by atoms with Crippen LogP contribution in [0.2, 0.25) is 0 Å². The molecular formula is C20H29N3. The predicted octanol–water partition coefficient (Wildman–Crippen LogP) is 4.33. The monoisotopic (exact) mass is 311 g/mol. The van der Waals surface area contributed by atoms with Gasteiger partial charge in [0.2, 0.25) is 0 Å². The Labute approximate surface area is 140 Å². The molecule has 0 radical (unpaired) electrons. The summed E-state index contributed by atoms with van der Waals surface area (Å²) in [7, 11) is 4.36. The Kier molecular flexibility index (Phi) is 5.16. The van der Waals surface area contributed by atoms with E-state index in [4.69, 9.17) is 4.98 Å². The number of fused-ring (bicyclic) bond motifs is 1. The van der Waals surface area contributed by atoms with E-state index in [1.165, 1.54) is 49.0 Å². The topological polar surface area (TPSA) is 28.2 Å². The fourth-order valence-corrected chi connectivity index (χ4v) is 3.76. The number of para-hydroxylation sites is 1. The molecule has 0 unspecified atom stereocenters. The molecule has 3 rings (SSSR count). The molecule has 0 bridgehead atoms. The van der Waals surface area contributed by atoms with Crippen LogP contribution < -0.4 is 5.32 Å². The molecule has 1 heterocycles. The number of nitrogens with one attached hydrogen (secondary N) is 1. The summed E-state index contributed by atoms with van der Waals surface area (Å²) in [5.41, 5.74) is 3.55. The van der Waals surface area contributed by atoms with Crippen molar-refractivity contribution in [2.24, 2.45) is 5.92 Å². The lowest BCUT2D eigenvalue weighted by molar-refractivity contribution is 0.255. The maximum atomic E-state index is 4.75. The Bertz CT molecular complexity index is 642. The summed E-state index contributed by atoms with van der Waals surface area (Å²) >= 11 is 0. The molecule has 1 N–H and O–H groups in total. The third kappa shape index (κ3) is 4.03. The Morgan fingerprint density at radius 2 is 1.87 bits per heavy atom. The van der Waals surface area contributed by atoms with Gasteiger partial charge in [0.1, 0.15) is 0 Å². The second kappa shape index (κ2) is 7.31. The van der Waals surface area contributed by atoms with Crippen molar-refractivity contribution in [3.8, 4) is 0 Å². The average molecular weight is 311 g/mol. The van der Waals surface area contributed by atoms with Gasteiger partial charge in [0, 0.05) is 29.4 Å². The van der Waals surface area contributed by atoms with Crippen LogP contribution >= 0.6 is 0 Å². The van der Waals surface area contributed by atoms with Gasteiger partial charge in [0.15, 0.2) is 0 Å². The first-order valence-electron chi connectivity index (χ1n) is 8.95. The third-order valence-corrected chi connectivity index (χ3v) is 4.96. The van der Waals surface area contributed by atoms with Crippen molar-refractivity contribution in [3.05, 3.63) is 36.0 Å². The molecule has 1 aromatic carbocycles. The number of hydrogen-bond donors (Lipinski definition) is 1. The van der Waals surface area contributed by atoms with Gasteiger partial charge in [-0.1, -0.05) is 25.1 Å². The molecule has 3 nitrogen and oxygen atoms in total. The van der Waals surface area contributed by atoms with Crippen LogP contribution in [0.3, 0.4) is 0 Å². The molecule has 124 valence electrons. The fraction of sp³-hybridized carbons (Fsp3) is 0.550. The molecule has 3 heteroatoms. The number of benzene rings is 1. The van der Waals surface area contributed by atoms with Crippen molar-refractivity contribution < 1.29 is 0 Å². The second-order valence-corrected chi connectivity index (χ2v) is 7.16. The van der Waals surface area contributed by atoms with Gasteiger partial charge in [0.05, 0.1) is 5.52 Å². The van der Waals surface area contributed by atoms with Gasteiger partial charge in [-0.05, 0) is 64.3 Å². The number of nitrogens with zero attached hydrogens (tertiary/aromatic N) is 2. The normalized spacial score (nSPS) is 21.7. The molecule has 1 saturated carbocycles. The van der Waals surface area contributed by atoms with Crippen molar-refractivity contribution in [3.63, 3.8) is 0 Å². The zero-order valence-corrected chi connectivity index (χ0v) is 14.7. The van der Waals surface area contributed by atoms with E-state index in [-0.39, 0.29) is 0 Å². The Balaban J connectivity index is 1.72. The molecule has 0 atom stereocenters. The summed E-state index contributed by atoms with van der Waals surface area (Å²) in [6.45, 7) is 3.40. The van der Waals surface area contributed by atoms with E-state index in [1.54, 1.807) is 0 Å². The number of rotatable bonds is 5. The van der Waals surface area contributed by atoms with E-state index < -0.39 is 0 Å². The minimum Gasteiger partial charge on any atom is -0.382 e. The minimum absolute atomic E-state index is 0.601. The predicted molar refractivity (Wildman–Crippen MR) is 99.0 cm³/mol. The molecule has 0 amide bonds. The number of aromatic nitrogens is 1. The molecule has 1 aromatic heterocycles. The van der Waals surface area contributed by atoms with E-state index in [0.717, 1.165) is 17.9 Å². The first-order valence-corrected chi connectivity index (χ1v) is 8.95. The Hall–Kier alpha value is -1.61. The minimum atomic E-state index is 0.601. The standard InChI is InChI=1S/C20H29N3/c1-4-16-13-20(18-7-5-6-8-19(18)21-16)22-17-11-9-15(10-12-17)14-23(2)3/h5-8,13,15,17H,4,9-12,14H2,1-3H3,(H,21,22)/t15-,17-. The Morgan fingerprint density at radius 3 is 2.57 bits per heavy atom. The number of aryl methyl sites for hydroxylation is 1. The zero-order valence-electron chi connectivity index (χ0n) is 14.7. The maximum Gasteiger partial charge on any atom is 0.0726 e. The van der Waals surface area contributed by atoms with Crippen LogP contribution in [-0.2, 0) is 6.42 Å². The highest BCUT2D eigenvalue weighted by Crippen LogP contribution is 2.30. The number of anilines is 1. The van der Waals surface area contributed by atoms with Gasteiger partial charge in [-0.2, -0.15) is 0 Å². The van der Waals surface area contributed by atoms with Crippen LogP contribution in [0.15, 0.2) is 30.3 Å². The summed E-state index contributed by atoms with van der Waals surface area (Å²) in [6, 6.07) is 11.3. The first-order chi connectivity index (χ1) is 11.2. The average Bonchev–Trinajstić information content (AvgIpc) is 2.56. The van der Waals surface area contributed by atoms with E-state index in [9.17, 15) is 0 Å². The third-order valence-electron chi connectivity index (χ3n) is 4.96. The van der Waals surface area contributed by atoms with E-state index >= 15 is 0 Å². The van der Waals surface area contributed by atoms with Gasteiger partial charge < -0.3 is 10.2 Å². The molecule has 2 aromatic rings. The van der Waals surface area contributed by atoms with Gasteiger partial charge in [-0.15, -0.1) is 0 Å². The van der Waals surface area contributed by atoms with Gasteiger partial charge in [0.25, 0.3) is 0 Å². The van der Waals surface area contributed by atoms with Gasteiger partial charge >= 0.3 is 0 Å². The van der Waals surface area contributed by atoms with E-state index in [0.29, 0.717) is 6.04 Å². The van der Waals surface area contributed by atoms with Crippen LogP contribution in [0, 0.1) is 5.92 Å². The molecular weight excluding hydrogens is 282 g/mol. The number of hydrogen-bond acceptors (Lipinski definition) is 3. The fourth-order valence-electron chi connectivity index (χ4n) is 3.76. The molecule has 0 aliphatic heterocycles. The largest absolute Gasteiger partial charge is 0.382 e. The summed E-state index contributed by atoms with van der Waals surface area (Å²) in [6.07, 6.45) is 6.20. The lowest BCUT2D eigenvalue weighted by Crippen LogP contribution is -2.31. The highest BCUT2D eigenvalue weighted by atomic mass is 15.1. The van der Waals surface area contributed by atoms with E-state index in [2.05, 4.69) is 61.6 Å². The summed E-state index contributed by atoms with van der Waals surface area (Å²) in [5, 5.41) is 5.07. The lowest BCUT2D eigenvalue weighted by atomic mass is 9.85. The van der Waals surface area contributed by atoms with Crippen molar-refractivity contribution >= 4 is 16.6 Å². The Morgan fingerprint density at radius 1 is 1.13 bits per heavy atom. The van der Waals surface area contributed by atoms with Crippen LogP contribution in [0.1, 0.15) is 38.3 Å². The van der Waals surface area contributed by atoms with E-state index in [1.807, 2.05) is 0 Å². The second-order valence-electron chi connectivity index (χ2n) is 7.16. The van der Waals surface area contributed by atoms with Crippen LogP contribution in [0.4, 0.5) is 5.69 Å². The van der Waals surface area contributed by atoms with Crippen LogP contribution in [0.5, 0.6) is 0 Å². The molecule has 1 fully saturated rings. The zero-order chi connectivity index (χ0) is 16.2. The van der Waals surface area contributed by atoms with Crippen molar-refractivity contribution in [2.75, 3.05) is 26.0 Å². The highest BCUT2D eigenvalue weighted by molar-refractivity contribution is 5.91. The summed E-state index contributed by atoms with van der Waals surface area (Å²) < 4.78 is 0. The molecule has 0 saturated heterocycles. The van der Waals surface area contributed by atoms with Gasteiger partial charge in [-0.25, -0.2) is 0 Å². The summed E-state index contributed by atoms with van der Waals surface area (Å²) in [5.74, 6) is 0.864. The van der Waals surface area contributed by atoms with Crippen molar-refractivity contribution in [1.29, 1.82) is 0 Å².